The standard InChI is InChI=1S/C19H16N4O3S2/c1-11-15-18(20-9-23(2)19(15)25)28-16(11)17(24)22-13-5-3-4-6-14(13)26-7-12-8-27-10-21-12/h3-6,8-10H,7H2,1-2H3,(H,22,24). The number of carbonyl (C=O) groups is 1. The minimum absolute atomic E-state index is 0.162. The highest BCUT2D eigenvalue weighted by atomic mass is 32.1. The van der Waals surface area contributed by atoms with Crippen LogP contribution in [0.25, 0.3) is 10.2 Å². The lowest BCUT2D eigenvalue weighted by atomic mass is 10.2. The van der Waals surface area contributed by atoms with Crippen LogP contribution >= 0.6 is 22.7 Å². The number of rotatable bonds is 5. The average molecular weight is 412 g/mol. The number of benzene rings is 1. The molecule has 0 spiro atoms. The second kappa shape index (κ2) is 7.53. The summed E-state index contributed by atoms with van der Waals surface area (Å²) in [4.78, 5) is 34.7. The number of ether oxygens (including phenoxy) is 1. The monoisotopic (exact) mass is 412 g/mol. The smallest absolute Gasteiger partial charge is 0.266 e. The van der Waals surface area contributed by atoms with E-state index < -0.39 is 0 Å². The Morgan fingerprint density at radius 1 is 1.29 bits per heavy atom. The van der Waals surface area contributed by atoms with Crippen molar-refractivity contribution >= 4 is 44.5 Å². The summed E-state index contributed by atoms with van der Waals surface area (Å²) in [5.74, 6) is 0.254. The third-order valence-corrected chi connectivity index (χ3v) is 6.04. The van der Waals surface area contributed by atoms with Gasteiger partial charge in [-0.05, 0) is 24.6 Å². The zero-order valence-electron chi connectivity index (χ0n) is 15.1. The van der Waals surface area contributed by atoms with Crippen molar-refractivity contribution in [3.8, 4) is 5.75 Å². The minimum atomic E-state index is -0.299. The molecule has 0 aliphatic rings. The largest absolute Gasteiger partial charge is 0.485 e. The third-order valence-electron chi connectivity index (χ3n) is 4.21. The van der Waals surface area contributed by atoms with Crippen molar-refractivity contribution in [1.29, 1.82) is 0 Å². The van der Waals surface area contributed by atoms with Crippen molar-refractivity contribution in [1.82, 2.24) is 14.5 Å². The molecule has 142 valence electrons. The van der Waals surface area contributed by atoms with E-state index in [0.29, 0.717) is 38.7 Å². The summed E-state index contributed by atoms with van der Waals surface area (Å²) >= 11 is 2.71. The molecule has 1 amide bonds. The molecule has 3 aromatic heterocycles. The summed E-state index contributed by atoms with van der Waals surface area (Å²) in [6.45, 7) is 2.08. The van der Waals surface area contributed by atoms with Crippen LogP contribution in [0.5, 0.6) is 5.75 Å². The molecule has 0 aliphatic carbocycles. The van der Waals surface area contributed by atoms with E-state index in [4.69, 9.17) is 4.74 Å². The number of nitrogens with one attached hydrogen (secondary N) is 1. The Balaban J connectivity index is 1.61. The van der Waals surface area contributed by atoms with Gasteiger partial charge in [-0.25, -0.2) is 9.97 Å². The molecule has 1 aromatic carbocycles. The first-order valence-corrected chi connectivity index (χ1v) is 10.2. The number of carbonyl (C=O) groups excluding carboxylic acids is 1. The highest BCUT2D eigenvalue weighted by Gasteiger charge is 2.20. The first-order valence-electron chi connectivity index (χ1n) is 8.39. The number of amides is 1. The van der Waals surface area contributed by atoms with Crippen molar-refractivity contribution in [3.63, 3.8) is 0 Å². The number of para-hydroxylation sites is 2. The Morgan fingerprint density at radius 3 is 2.89 bits per heavy atom. The van der Waals surface area contributed by atoms with Crippen LogP contribution in [0.15, 0.2) is 46.3 Å². The van der Waals surface area contributed by atoms with Gasteiger partial charge in [0, 0.05) is 12.4 Å². The molecule has 0 fully saturated rings. The van der Waals surface area contributed by atoms with Crippen LogP contribution in [0.4, 0.5) is 5.69 Å². The molecule has 4 aromatic rings. The van der Waals surface area contributed by atoms with Crippen molar-refractivity contribution in [3.05, 3.63) is 68.0 Å². The van der Waals surface area contributed by atoms with Crippen molar-refractivity contribution < 1.29 is 9.53 Å². The number of anilines is 1. The molecule has 7 nitrogen and oxygen atoms in total. The molecule has 0 radical (unpaired) electrons. The van der Waals surface area contributed by atoms with E-state index in [9.17, 15) is 9.59 Å². The van der Waals surface area contributed by atoms with Crippen LogP contribution in [0, 0.1) is 6.92 Å². The van der Waals surface area contributed by atoms with Crippen LogP contribution in [0.1, 0.15) is 20.9 Å². The zero-order chi connectivity index (χ0) is 19.7. The van der Waals surface area contributed by atoms with Gasteiger partial charge in [0.05, 0.1) is 33.5 Å². The van der Waals surface area contributed by atoms with Crippen molar-refractivity contribution in [2.45, 2.75) is 13.5 Å². The predicted octanol–water partition coefficient (Wildman–Crippen LogP) is 3.59. The maximum Gasteiger partial charge on any atom is 0.266 e. The van der Waals surface area contributed by atoms with Crippen LogP contribution in [-0.4, -0.2) is 20.4 Å². The molecule has 0 saturated carbocycles. The maximum atomic E-state index is 12.9. The number of aromatic nitrogens is 3. The van der Waals surface area contributed by atoms with Gasteiger partial charge in [-0.3, -0.25) is 9.59 Å². The fourth-order valence-electron chi connectivity index (χ4n) is 2.76. The topological polar surface area (TPSA) is 86.1 Å². The van der Waals surface area contributed by atoms with Gasteiger partial charge in [0.2, 0.25) is 0 Å². The van der Waals surface area contributed by atoms with Gasteiger partial charge in [-0.1, -0.05) is 12.1 Å². The number of hydrogen-bond donors (Lipinski definition) is 1. The number of thiazole rings is 1. The number of fused-ring (bicyclic) bond motifs is 1. The highest BCUT2D eigenvalue weighted by Crippen LogP contribution is 2.30. The summed E-state index contributed by atoms with van der Waals surface area (Å²) in [5.41, 5.74) is 3.60. The Labute approximate surface area is 168 Å². The van der Waals surface area contributed by atoms with E-state index in [-0.39, 0.29) is 11.5 Å². The third kappa shape index (κ3) is 3.41. The van der Waals surface area contributed by atoms with E-state index in [0.717, 1.165) is 5.69 Å². The Kier molecular flexibility index (Phi) is 4.93. The zero-order valence-corrected chi connectivity index (χ0v) is 16.8. The molecule has 0 unspecified atom stereocenters. The number of hydrogen-bond acceptors (Lipinski definition) is 7. The second-order valence-corrected chi connectivity index (χ2v) is 7.83. The lowest BCUT2D eigenvalue weighted by Crippen LogP contribution is -2.17. The molecular weight excluding hydrogens is 396 g/mol. The lowest BCUT2D eigenvalue weighted by molar-refractivity contribution is 0.102. The van der Waals surface area contributed by atoms with E-state index in [1.54, 1.807) is 31.6 Å². The maximum absolute atomic E-state index is 12.9. The fourth-order valence-corrected chi connectivity index (χ4v) is 4.34. The summed E-state index contributed by atoms with van der Waals surface area (Å²) < 4.78 is 7.22. The van der Waals surface area contributed by atoms with E-state index in [1.807, 2.05) is 17.5 Å². The first kappa shape index (κ1) is 18.3. The Bertz CT molecular complexity index is 1210. The van der Waals surface area contributed by atoms with Gasteiger partial charge in [0.1, 0.15) is 17.2 Å². The van der Waals surface area contributed by atoms with E-state index in [1.165, 1.54) is 33.6 Å². The fraction of sp³-hybridized carbons (Fsp3) is 0.158. The number of thiophene rings is 1. The SMILES string of the molecule is Cc1c(C(=O)Nc2ccccc2OCc2cscn2)sc2ncn(C)c(=O)c12. The molecule has 9 heteroatoms. The summed E-state index contributed by atoms with van der Waals surface area (Å²) in [5, 5.41) is 5.28. The van der Waals surface area contributed by atoms with E-state index in [2.05, 4.69) is 15.3 Å². The van der Waals surface area contributed by atoms with Crippen molar-refractivity contribution in [2.24, 2.45) is 7.05 Å². The summed E-state index contributed by atoms with van der Waals surface area (Å²) in [6, 6.07) is 7.22. The van der Waals surface area contributed by atoms with Crippen LogP contribution < -0.4 is 15.6 Å². The van der Waals surface area contributed by atoms with Crippen molar-refractivity contribution in [2.75, 3.05) is 5.32 Å². The Morgan fingerprint density at radius 2 is 2.11 bits per heavy atom. The first-order chi connectivity index (χ1) is 13.5. The van der Waals surface area contributed by atoms with E-state index >= 15 is 0 Å². The number of aryl methyl sites for hydroxylation is 2. The molecule has 0 atom stereocenters. The number of nitrogens with zero attached hydrogens (tertiary/aromatic N) is 3. The van der Waals surface area contributed by atoms with Crippen LogP contribution in [0.2, 0.25) is 0 Å². The quantitative estimate of drug-likeness (QED) is 0.541. The molecule has 4 rings (SSSR count). The van der Waals surface area contributed by atoms with Crippen LogP contribution in [-0.2, 0) is 13.7 Å². The van der Waals surface area contributed by atoms with Gasteiger partial charge >= 0.3 is 0 Å². The van der Waals surface area contributed by atoms with Crippen LogP contribution in [0.3, 0.4) is 0 Å². The minimum Gasteiger partial charge on any atom is -0.485 e. The lowest BCUT2D eigenvalue weighted by Gasteiger charge is -2.11. The van der Waals surface area contributed by atoms with Gasteiger partial charge in [-0.15, -0.1) is 22.7 Å². The highest BCUT2D eigenvalue weighted by molar-refractivity contribution is 7.20. The molecule has 28 heavy (non-hydrogen) atoms. The Hall–Kier alpha value is -3.04. The molecular formula is C19H16N4O3S2. The molecule has 0 bridgehead atoms. The summed E-state index contributed by atoms with van der Waals surface area (Å²) in [7, 11) is 1.64. The summed E-state index contributed by atoms with van der Waals surface area (Å²) in [6.07, 6.45) is 1.46. The van der Waals surface area contributed by atoms with Gasteiger partial charge in [0.15, 0.2) is 0 Å². The predicted molar refractivity (Wildman–Crippen MR) is 110 cm³/mol. The van der Waals surface area contributed by atoms with Gasteiger partial charge < -0.3 is 14.6 Å². The van der Waals surface area contributed by atoms with Gasteiger partial charge in [-0.2, -0.15) is 0 Å². The van der Waals surface area contributed by atoms with Gasteiger partial charge in [0.25, 0.3) is 11.5 Å². The molecule has 1 N–H and O–H groups in total. The normalized spacial score (nSPS) is 10.9. The second-order valence-electron chi connectivity index (χ2n) is 6.12. The molecule has 0 aliphatic heterocycles. The molecule has 3 heterocycles. The average Bonchev–Trinajstić information content (AvgIpc) is 3.32. The molecule has 0 saturated heterocycles.